The van der Waals surface area contributed by atoms with Gasteiger partial charge >= 0.3 is 0 Å². The fraction of sp³-hybridized carbons (Fsp3) is 0.625. The van der Waals surface area contributed by atoms with Crippen molar-refractivity contribution in [2.75, 3.05) is 26.7 Å². The molecule has 0 aromatic heterocycles. The van der Waals surface area contributed by atoms with Crippen LogP contribution >= 0.6 is 0 Å². The highest BCUT2D eigenvalue weighted by molar-refractivity contribution is 5.28. The Balaban J connectivity index is 2.42. The van der Waals surface area contributed by atoms with Crippen molar-refractivity contribution < 1.29 is 9.84 Å². The van der Waals surface area contributed by atoms with Crippen LogP contribution in [0.25, 0.3) is 0 Å². The van der Waals surface area contributed by atoms with Gasteiger partial charge in [0.1, 0.15) is 5.75 Å². The van der Waals surface area contributed by atoms with Gasteiger partial charge in [0.05, 0.1) is 13.2 Å². The fourth-order valence-electron chi connectivity index (χ4n) is 2.11. The number of rotatable bonds is 9. The van der Waals surface area contributed by atoms with E-state index < -0.39 is 0 Å². The molecule has 1 aromatic rings. The highest BCUT2D eigenvalue weighted by atomic mass is 16.5. The lowest BCUT2D eigenvalue weighted by Crippen LogP contribution is -2.26. The Labute approximate surface area is 117 Å². The second-order valence-electron chi connectivity index (χ2n) is 4.87. The number of aliphatic hydroxyl groups excluding tert-OH is 1. The van der Waals surface area contributed by atoms with Gasteiger partial charge < -0.3 is 14.7 Å². The zero-order chi connectivity index (χ0) is 14.1. The van der Waals surface area contributed by atoms with E-state index in [4.69, 9.17) is 4.74 Å². The van der Waals surface area contributed by atoms with Crippen LogP contribution in [0.2, 0.25) is 0 Å². The van der Waals surface area contributed by atoms with Gasteiger partial charge in [-0.05, 0) is 43.6 Å². The molecular formula is C16H27NO2. The fourth-order valence-corrected chi connectivity index (χ4v) is 2.11. The molecule has 19 heavy (non-hydrogen) atoms. The molecule has 1 unspecified atom stereocenters. The quantitative estimate of drug-likeness (QED) is 0.744. The number of hydrogen-bond acceptors (Lipinski definition) is 3. The lowest BCUT2D eigenvalue weighted by molar-refractivity contribution is 0.143. The van der Waals surface area contributed by atoms with Gasteiger partial charge in [-0.2, -0.15) is 0 Å². The summed E-state index contributed by atoms with van der Waals surface area (Å²) >= 11 is 0. The van der Waals surface area contributed by atoms with Gasteiger partial charge in [0, 0.05) is 6.54 Å². The minimum atomic E-state index is -0.387. The van der Waals surface area contributed by atoms with Crippen molar-refractivity contribution in [1.82, 2.24) is 4.90 Å². The van der Waals surface area contributed by atoms with Gasteiger partial charge in [-0.1, -0.05) is 32.4 Å². The second-order valence-corrected chi connectivity index (χ2v) is 4.87. The van der Waals surface area contributed by atoms with E-state index in [0.29, 0.717) is 0 Å². The van der Waals surface area contributed by atoms with Crippen molar-refractivity contribution >= 4 is 0 Å². The molecule has 3 heteroatoms. The summed E-state index contributed by atoms with van der Waals surface area (Å²) in [7, 11) is 1.65. The van der Waals surface area contributed by atoms with E-state index >= 15 is 0 Å². The predicted molar refractivity (Wildman–Crippen MR) is 79.6 cm³/mol. The lowest BCUT2D eigenvalue weighted by atomic mass is 10.1. The van der Waals surface area contributed by atoms with E-state index in [1.165, 1.54) is 12.8 Å². The SMILES string of the molecule is CCCCN(CC)CCC(O)c1ccc(OC)cc1. The Morgan fingerprint density at radius 1 is 1.16 bits per heavy atom. The van der Waals surface area contributed by atoms with Crippen LogP contribution in [0.15, 0.2) is 24.3 Å². The first-order valence-corrected chi connectivity index (χ1v) is 7.25. The summed E-state index contributed by atoms with van der Waals surface area (Å²) in [6.07, 6.45) is 2.84. The molecule has 108 valence electrons. The third-order valence-corrected chi connectivity index (χ3v) is 3.49. The molecule has 1 atom stereocenters. The van der Waals surface area contributed by atoms with Crippen molar-refractivity contribution in [2.45, 2.75) is 39.2 Å². The largest absolute Gasteiger partial charge is 0.497 e. The molecule has 1 aromatic carbocycles. The first kappa shape index (κ1) is 16.0. The van der Waals surface area contributed by atoms with E-state index in [9.17, 15) is 5.11 Å². The maximum Gasteiger partial charge on any atom is 0.118 e. The van der Waals surface area contributed by atoms with Crippen molar-refractivity contribution in [3.05, 3.63) is 29.8 Å². The van der Waals surface area contributed by atoms with E-state index in [1.54, 1.807) is 7.11 Å². The molecule has 0 saturated carbocycles. The van der Waals surface area contributed by atoms with Crippen LogP contribution in [0.5, 0.6) is 5.75 Å². The highest BCUT2D eigenvalue weighted by Gasteiger charge is 2.10. The average molecular weight is 265 g/mol. The maximum absolute atomic E-state index is 10.2. The Hall–Kier alpha value is -1.06. The van der Waals surface area contributed by atoms with Crippen molar-refractivity contribution in [3.8, 4) is 5.75 Å². The molecule has 0 amide bonds. The van der Waals surface area contributed by atoms with Crippen LogP contribution in [0.3, 0.4) is 0 Å². The molecule has 3 nitrogen and oxygen atoms in total. The Bertz CT molecular complexity index is 337. The van der Waals surface area contributed by atoms with Crippen LogP contribution in [0.1, 0.15) is 44.8 Å². The zero-order valence-corrected chi connectivity index (χ0v) is 12.4. The third kappa shape index (κ3) is 5.62. The minimum Gasteiger partial charge on any atom is -0.497 e. The maximum atomic E-state index is 10.2. The molecule has 0 bridgehead atoms. The Morgan fingerprint density at radius 2 is 1.84 bits per heavy atom. The summed E-state index contributed by atoms with van der Waals surface area (Å²) in [5.74, 6) is 0.828. The van der Waals surface area contributed by atoms with E-state index in [1.807, 2.05) is 24.3 Å². The number of aliphatic hydroxyl groups is 1. The summed E-state index contributed by atoms with van der Waals surface area (Å²) in [5.41, 5.74) is 0.965. The Morgan fingerprint density at radius 3 is 2.37 bits per heavy atom. The average Bonchev–Trinajstić information content (AvgIpc) is 2.47. The van der Waals surface area contributed by atoms with Crippen LogP contribution in [-0.2, 0) is 0 Å². The molecule has 1 N–H and O–H groups in total. The highest BCUT2D eigenvalue weighted by Crippen LogP contribution is 2.20. The zero-order valence-electron chi connectivity index (χ0n) is 12.4. The minimum absolute atomic E-state index is 0.387. The number of methoxy groups -OCH3 is 1. The van der Waals surface area contributed by atoms with Crippen LogP contribution in [0, 0.1) is 0 Å². The predicted octanol–water partition coefficient (Wildman–Crippen LogP) is 3.24. The van der Waals surface area contributed by atoms with Gasteiger partial charge in [0.2, 0.25) is 0 Å². The van der Waals surface area contributed by atoms with E-state index in [2.05, 4.69) is 18.7 Å². The Kier molecular flexibility index (Phi) is 7.53. The summed E-state index contributed by atoms with van der Waals surface area (Å²) in [5, 5.41) is 10.2. The molecule has 0 aliphatic carbocycles. The summed E-state index contributed by atoms with van der Waals surface area (Å²) in [4.78, 5) is 2.40. The smallest absolute Gasteiger partial charge is 0.118 e. The normalized spacial score (nSPS) is 12.7. The first-order chi connectivity index (χ1) is 9.21. The summed E-state index contributed by atoms with van der Waals surface area (Å²) in [6, 6.07) is 7.66. The molecule has 1 rings (SSSR count). The first-order valence-electron chi connectivity index (χ1n) is 7.25. The molecule has 0 saturated heterocycles. The summed E-state index contributed by atoms with van der Waals surface area (Å²) < 4.78 is 5.12. The lowest BCUT2D eigenvalue weighted by Gasteiger charge is -2.21. The summed E-state index contributed by atoms with van der Waals surface area (Å²) in [6.45, 7) is 7.51. The number of hydrogen-bond donors (Lipinski definition) is 1. The molecule has 0 fully saturated rings. The van der Waals surface area contributed by atoms with Gasteiger partial charge in [0.15, 0.2) is 0 Å². The molecule has 0 aliphatic rings. The molecule has 0 heterocycles. The van der Waals surface area contributed by atoms with Crippen molar-refractivity contribution in [3.63, 3.8) is 0 Å². The number of benzene rings is 1. The van der Waals surface area contributed by atoms with Gasteiger partial charge in [-0.15, -0.1) is 0 Å². The van der Waals surface area contributed by atoms with E-state index in [0.717, 1.165) is 37.4 Å². The van der Waals surface area contributed by atoms with Crippen molar-refractivity contribution in [1.29, 1.82) is 0 Å². The molecule has 0 radical (unpaired) electrons. The third-order valence-electron chi connectivity index (χ3n) is 3.49. The number of nitrogens with zero attached hydrogens (tertiary/aromatic N) is 1. The van der Waals surface area contributed by atoms with Gasteiger partial charge in [-0.3, -0.25) is 0 Å². The van der Waals surface area contributed by atoms with Crippen LogP contribution < -0.4 is 4.74 Å². The monoisotopic (exact) mass is 265 g/mol. The standard InChI is InChI=1S/C16H27NO2/c1-4-6-12-17(5-2)13-11-16(18)14-7-9-15(19-3)10-8-14/h7-10,16,18H,4-6,11-13H2,1-3H3. The second kappa shape index (κ2) is 8.94. The molecule has 0 spiro atoms. The molecule has 0 aliphatic heterocycles. The topological polar surface area (TPSA) is 32.7 Å². The van der Waals surface area contributed by atoms with Crippen LogP contribution in [0.4, 0.5) is 0 Å². The van der Waals surface area contributed by atoms with Crippen molar-refractivity contribution in [2.24, 2.45) is 0 Å². The van der Waals surface area contributed by atoms with Gasteiger partial charge in [0.25, 0.3) is 0 Å². The van der Waals surface area contributed by atoms with E-state index in [-0.39, 0.29) is 6.10 Å². The van der Waals surface area contributed by atoms with Crippen LogP contribution in [-0.4, -0.2) is 36.8 Å². The molecular weight excluding hydrogens is 238 g/mol. The van der Waals surface area contributed by atoms with Gasteiger partial charge in [-0.25, -0.2) is 0 Å². The number of ether oxygens (including phenoxy) is 1. The number of unbranched alkanes of at least 4 members (excludes halogenated alkanes) is 1.